The number of hydrogen-bond acceptors (Lipinski definition) is 7. The number of aliphatic carboxylic acids is 2. The van der Waals surface area contributed by atoms with Gasteiger partial charge in [0, 0.05) is 6.42 Å². The second kappa shape index (κ2) is 12.6. The van der Waals surface area contributed by atoms with Crippen LogP contribution >= 0.6 is 0 Å². The van der Waals surface area contributed by atoms with Crippen LogP contribution in [-0.4, -0.2) is 70.5 Å². The molecule has 13 heteroatoms. The minimum absolute atomic E-state index is 0.0200. The Balaban J connectivity index is 3.00. The number of rotatable bonds is 13. The molecule has 32 heavy (non-hydrogen) atoms. The normalized spacial score (nSPS) is 13.2. The summed E-state index contributed by atoms with van der Waals surface area (Å²) in [7, 11) is 0. The van der Waals surface area contributed by atoms with Crippen molar-refractivity contribution in [2.24, 2.45) is 11.5 Å². The van der Waals surface area contributed by atoms with E-state index in [1.165, 1.54) is 0 Å². The second-order valence-electron chi connectivity index (χ2n) is 6.80. The molecule has 0 bridgehead atoms. The van der Waals surface area contributed by atoms with Crippen LogP contribution in [0.25, 0.3) is 0 Å². The average Bonchev–Trinajstić information content (AvgIpc) is 2.70. The van der Waals surface area contributed by atoms with Crippen molar-refractivity contribution >= 4 is 35.6 Å². The van der Waals surface area contributed by atoms with Crippen LogP contribution in [0.5, 0.6) is 0 Å². The van der Waals surface area contributed by atoms with Gasteiger partial charge in [-0.05, 0) is 5.56 Å². The molecule has 3 unspecified atom stereocenters. The Labute approximate surface area is 182 Å². The van der Waals surface area contributed by atoms with Crippen LogP contribution in [0.3, 0.4) is 0 Å². The fourth-order valence-corrected chi connectivity index (χ4v) is 2.59. The van der Waals surface area contributed by atoms with E-state index in [9.17, 15) is 28.8 Å². The molecule has 0 aliphatic heterocycles. The van der Waals surface area contributed by atoms with Crippen molar-refractivity contribution in [1.82, 2.24) is 16.0 Å². The first-order valence-corrected chi connectivity index (χ1v) is 9.39. The lowest BCUT2D eigenvalue weighted by Crippen LogP contribution is -2.57. The quantitative estimate of drug-likeness (QED) is 0.162. The third kappa shape index (κ3) is 9.67. The van der Waals surface area contributed by atoms with Crippen LogP contribution in [-0.2, 0) is 35.2 Å². The van der Waals surface area contributed by atoms with E-state index in [2.05, 4.69) is 16.0 Å². The highest BCUT2D eigenvalue weighted by Crippen LogP contribution is 2.05. The van der Waals surface area contributed by atoms with E-state index < -0.39 is 73.1 Å². The van der Waals surface area contributed by atoms with Crippen LogP contribution in [0.1, 0.15) is 18.4 Å². The number of hydrogen-bond donors (Lipinski definition) is 7. The first kappa shape index (κ1) is 26.0. The van der Waals surface area contributed by atoms with Crippen molar-refractivity contribution in [3.05, 3.63) is 35.9 Å². The fraction of sp³-hybridized carbons (Fsp3) is 0.368. The highest BCUT2D eigenvalue weighted by molar-refractivity contribution is 5.96. The van der Waals surface area contributed by atoms with Crippen LogP contribution in [0.2, 0.25) is 0 Å². The number of primary amides is 1. The molecule has 0 aliphatic carbocycles. The Kier molecular flexibility index (Phi) is 10.3. The molecular formula is C19H25N5O8. The number of carboxylic acids is 2. The Hall–Kier alpha value is -4.00. The molecule has 1 aromatic rings. The van der Waals surface area contributed by atoms with Crippen LogP contribution in [0, 0.1) is 0 Å². The molecule has 13 nitrogen and oxygen atoms in total. The van der Waals surface area contributed by atoms with Crippen molar-refractivity contribution in [3.63, 3.8) is 0 Å². The third-order valence-corrected chi connectivity index (χ3v) is 4.10. The summed E-state index contributed by atoms with van der Waals surface area (Å²) >= 11 is 0. The van der Waals surface area contributed by atoms with Crippen molar-refractivity contribution in [2.75, 3.05) is 6.54 Å². The maximum atomic E-state index is 12.7. The lowest BCUT2D eigenvalue weighted by atomic mass is 10.0. The van der Waals surface area contributed by atoms with Gasteiger partial charge in [-0.25, -0.2) is 0 Å². The first-order valence-electron chi connectivity index (χ1n) is 9.39. The summed E-state index contributed by atoms with van der Waals surface area (Å²) in [4.78, 5) is 70.0. The largest absolute Gasteiger partial charge is 0.481 e. The topological polar surface area (TPSA) is 231 Å². The summed E-state index contributed by atoms with van der Waals surface area (Å²) in [6, 6.07) is 4.21. The van der Waals surface area contributed by atoms with E-state index in [0.717, 1.165) is 0 Å². The van der Waals surface area contributed by atoms with Gasteiger partial charge in [0.25, 0.3) is 0 Å². The highest BCUT2D eigenvalue weighted by atomic mass is 16.4. The predicted octanol–water partition coefficient (Wildman–Crippen LogP) is -2.92. The molecule has 1 rings (SSSR count). The molecule has 0 fully saturated rings. The highest BCUT2D eigenvalue weighted by Gasteiger charge is 2.30. The summed E-state index contributed by atoms with van der Waals surface area (Å²) in [6.07, 6.45) is -1.38. The molecule has 0 radical (unpaired) electrons. The SMILES string of the molecule is NC(=O)CC(NC(=O)C(N)CC(=O)O)C(=O)NC(Cc1ccccc1)C(=O)NCC(=O)O. The summed E-state index contributed by atoms with van der Waals surface area (Å²) in [5.74, 6) is -6.38. The zero-order valence-corrected chi connectivity index (χ0v) is 16.9. The molecule has 0 saturated carbocycles. The van der Waals surface area contributed by atoms with Gasteiger partial charge in [-0.3, -0.25) is 28.8 Å². The van der Waals surface area contributed by atoms with E-state index in [-0.39, 0.29) is 6.42 Å². The Morgan fingerprint density at radius 2 is 1.41 bits per heavy atom. The van der Waals surface area contributed by atoms with Gasteiger partial charge in [-0.1, -0.05) is 30.3 Å². The minimum atomic E-state index is -1.54. The van der Waals surface area contributed by atoms with Crippen LogP contribution < -0.4 is 27.4 Å². The second-order valence-corrected chi connectivity index (χ2v) is 6.80. The molecule has 9 N–H and O–H groups in total. The van der Waals surface area contributed by atoms with Crippen molar-refractivity contribution < 1.29 is 39.0 Å². The molecule has 4 amide bonds. The lowest BCUT2D eigenvalue weighted by Gasteiger charge is -2.23. The molecule has 174 valence electrons. The predicted molar refractivity (Wildman–Crippen MR) is 109 cm³/mol. The number of benzene rings is 1. The zero-order chi connectivity index (χ0) is 24.3. The van der Waals surface area contributed by atoms with E-state index >= 15 is 0 Å². The number of nitrogens with two attached hydrogens (primary N) is 2. The van der Waals surface area contributed by atoms with E-state index in [0.29, 0.717) is 5.56 Å². The molecule has 0 aliphatic rings. The average molecular weight is 451 g/mol. The van der Waals surface area contributed by atoms with Gasteiger partial charge in [-0.2, -0.15) is 0 Å². The number of carboxylic acid groups (broad SMARTS) is 2. The summed E-state index contributed by atoms with van der Waals surface area (Å²) < 4.78 is 0. The van der Waals surface area contributed by atoms with Crippen molar-refractivity contribution in [2.45, 2.75) is 37.4 Å². The number of nitrogens with one attached hydrogen (secondary N) is 3. The van der Waals surface area contributed by atoms with Gasteiger partial charge in [0.1, 0.15) is 18.6 Å². The molecule has 0 heterocycles. The van der Waals surface area contributed by atoms with Gasteiger partial charge in [0.2, 0.25) is 23.6 Å². The zero-order valence-electron chi connectivity index (χ0n) is 16.9. The number of carbonyl (C=O) groups is 6. The third-order valence-electron chi connectivity index (χ3n) is 4.10. The van der Waals surface area contributed by atoms with E-state index in [4.69, 9.17) is 21.7 Å². The van der Waals surface area contributed by atoms with Gasteiger partial charge >= 0.3 is 11.9 Å². The Bertz CT molecular complexity index is 861. The molecule has 1 aromatic carbocycles. The molecule has 3 atom stereocenters. The summed E-state index contributed by atoms with van der Waals surface area (Å²) in [5.41, 5.74) is 11.2. The number of amides is 4. The maximum absolute atomic E-state index is 12.7. The maximum Gasteiger partial charge on any atom is 0.322 e. The smallest absolute Gasteiger partial charge is 0.322 e. The first-order chi connectivity index (χ1) is 15.0. The van der Waals surface area contributed by atoms with E-state index in [1.807, 2.05) is 0 Å². The standard InChI is InChI=1S/C19H25N5O8/c20-11(7-15(26)27)17(30)23-13(8-14(21)25)19(32)24-12(18(31)22-9-16(28)29)6-10-4-2-1-3-5-10/h1-5,11-13H,6-9,20H2,(H2,21,25)(H,22,31)(H,23,30)(H,24,32)(H,26,27)(H,28,29). The van der Waals surface area contributed by atoms with Gasteiger partial charge in [0.15, 0.2) is 0 Å². The monoisotopic (exact) mass is 451 g/mol. The molecule has 0 aromatic heterocycles. The van der Waals surface area contributed by atoms with Crippen LogP contribution in [0.15, 0.2) is 30.3 Å². The van der Waals surface area contributed by atoms with E-state index in [1.54, 1.807) is 30.3 Å². The van der Waals surface area contributed by atoms with Crippen LogP contribution in [0.4, 0.5) is 0 Å². The van der Waals surface area contributed by atoms with Crippen molar-refractivity contribution in [3.8, 4) is 0 Å². The Morgan fingerprint density at radius 3 is 1.94 bits per heavy atom. The summed E-state index contributed by atoms with van der Waals surface area (Å²) in [6.45, 7) is -0.689. The van der Waals surface area contributed by atoms with Gasteiger partial charge in [0.05, 0.1) is 18.9 Å². The molecule has 0 spiro atoms. The minimum Gasteiger partial charge on any atom is -0.481 e. The fourth-order valence-electron chi connectivity index (χ4n) is 2.59. The molecule has 0 saturated heterocycles. The Morgan fingerprint density at radius 1 is 0.812 bits per heavy atom. The van der Waals surface area contributed by atoms with Gasteiger partial charge in [-0.15, -0.1) is 0 Å². The molecular weight excluding hydrogens is 426 g/mol. The number of carbonyl (C=O) groups excluding carboxylic acids is 4. The summed E-state index contributed by atoms with van der Waals surface area (Å²) in [5, 5.41) is 24.1. The van der Waals surface area contributed by atoms with Crippen molar-refractivity contribution in [1.29, 1.82) is 0 Å². The van der Waals surface area contributed by atoms with Gasteiger partial charge < -0.3 is 37.6 Å². The lowest BCUT2D eigenvalue weighted by molar-refractivity contribution is -0.140.